The molecule has 0 spiro atoms. The van der Waals surface area contributed by atoms with Crippen LogP contribution in [0.1, 0.15) is 25.5 Å². The third kappa shape index (κ3) is 1.37. The lowest BCUT2D eigenvalue weighted by atomic mass is 10.1. The average Bonchev–Trinajstić information content (AvgIpc) is 2.73. The van der Waals surface area contributed by atoms with E-state index < -0.39 is 0 Å². The highest BCUT2D eigenvalue weighted by Crippen LogP contribution is 2.19. The highest BCUT2D eigenvalue weighted by Gasteiger charge is 2.11. The summed E-state index contributed by atoms with van der Waals surface area (Å²) >= 11 is 0. The number of hydrogen-bond donors (Lipinski definition) is 1. The zero-order chi connectivity index (χ0) is 12.0. The number of benzene rings is 1. The van der Waals surface area contributed by atoms with Crippen molar-refractivity contribution in [3.63, 3.8) is 0 Å². The van der Waals surface area contributed by atoms with Crippen LogP contribution in [0, 0.1) is 0 Å². The molecule has 0 amide bonds. The zero-order valence-corrected chi connectivity index (χ0v) is 9.77. The summed E-state index contributed by atoms with van der Waals surface area (Å²) in [6.07, 6.45) is 1.82. The van der Waals surface area contributed by atoms with Crippen LogP contribution >= 0.6 is 0 Å². The predicted octanol–water partition coefficient (Wildman–Crippen LogP) is 2.30. The van der Waals surface area contributed by atoms with Crippen LogP contribution in [-0.4, -0.2) is 14.4 Å². The molecule has 0 bridgehead atoms. The highest BCUT2D eigenvalue weighted by atomic mass is 16.1. The summed E-state index contributed by atoms with van der Waals surface area (Å²) < 4.78 is 2.02. The van der Waals surface area contributed by atoms with Crippen molar-refractivity contribution in [3.8, 4) is 0 Å². The van der Waals surface area contributed by atoms with Crippen molar-refractivity contribution in [1.29, 1.82) is 0 Å². The van der Waals surface area contributed by atoms with Crippen LogP contribution in [-0.2, 0) is 0 Å². The van der Waals surface area contributed by atoms with Crippen molar-refractivity contribution in [3.05, 3.63) is 46.5 Å². The number of para-hydroxylation sites is 1. The number of hydrogen-bond acceptors (Lipinski definition) is 2. The third-order valence-electron chi connectivity index (χ3n) is 3.00. The second kappa shape index (κ2) is 3.45. The lowest BCUT2D eigenvalue weighted by Crippen LogP contribution is -2.11. The summed E-state index contributed by atoms with van der Waals surface area (Å²) in [5.74, 6) is 0.969. The first kappa shape index (κ1) is 10.1. The summed E-state index contributed by atoms with van der Waals surface area (Å²) in [7, 11) is 0. The fourth-order valence-corrected chi connectivity index (χ4v) is 2.14. The SMILES string of the molecule is CC(C)c1cnc2[nH]c(=O)c3ccccc3n12. The molecule has 0 aliphatic heterocycles. The van der Waals surface area contributed by atoms with E-state index in [2.05, 4.69) is 23.8 Å². The summed E-state index contributed by atoms with van der Waals surface area (Å²) in [5, 5.41) is 0.694. The molecule has 0 aliphatic rings. The van der Waals surface area contributed by atoms with Crippen LogP contribution in [0.4, 0.5) is 0 Å². The Kier molecular flexibility index (Phi) is 2.04. The number of aromatic nitrogens is 3. The van der Waals surface area contributed by atoms with Gasteiger partial charge in [-0.1, -0.05) is 26.0 Å². The van der Waals surface area contributed by atoms with Gasteiger partial charge in [0.05, 0.1) is 17.1 Å². The first-order chi connectivity index (χ1) is 8.18. The molecule has 2 heterocycles. The van der Waals surface area contributed by atoms with E-state index in [4.69, 9.17) is 0 Å². The number of rotatable bonds is 1. The van der Waals surface area contributed by atoms with E-state index in [1.807, 2.05) is 34.9 Å². The Balaban J connectivity index is 2.60. The monoisotopic (exact) mass is 227 g/mol. The Bertz CT molecular complexity index is 752. The molecular formula is C13H13N3O. The Hall–Kier alpha value is -2.10. The van der Waals surface area contributed by atoms with Crippen LogP contribution in [0.15, 0.2) is 35.3 Å². The quantitative estimate of drug-likeness (QED) is 0.693. The zero-order valence-electron chi connectivity index (χ0n) is 9.77. The summed E-state index contributed by atoms with van der Waals surface area (Å²) in [5.41, 5.74) is 1.92. The molecule has 3 aromatic rings. The molecule has 0 saturated heterocycles. The van der Waals surface area contributed by atoms with Gasteiger partial charge in [0.1, 0.15) is 0 Å². The number of fused-ring (bicyclic) bond motifs is 3. The minimum atomic E-state index is -0.0889. The van der Waals surface area contributed by atoms with Gasteiger partial charge < -0.3 is 0 Å². The predicted molar refractivity (Wildman–Crippen MR) is 67.4 cm³/mol. The molecule has 0 atom stereocenters. The van der Waals surface area contributed by atoms with Crippen molar-refractivity contribution < 1.29 is 0 Å². The number of aromatic amines is 1. The maximum Gasteiger partial charge on any atom is 0.260 e. The van der Waals surface area contributed by atoms with Crippen molar-refractivity contribution in [1.82, 2.24) is 14.4 Å². The number of nitrogens with zero attached hydrogens (tertiary/aromatic N) is 2. The van der Waals surface area contributed by atoms with E-state index in [9.17, 15) is 4.79 Å². The van der Waals surface area contributed by atoms with Crippen LogP contribution in [0.2, 0.25) is 0 Å². The molecule has 2 aromatic heterocycles. The van der Waals surface area contributed by atoms with E-state index in [1.165, 1.54) is 0 Å². The Morgan fingerprint density at radius 1 is 1.29 bits per heavy atom. The molecular weight excluding hydrogens is 214 g/mol. The van der Waals surface area contributed by atoms with Gasteiger partial charge >= 0.3 is 0 Å². The molecule has 1 aromatic carbocycles. The molecule has 17 heavy (non-hydrogen) atoms. The fourth-order valence-electron chi connectivity index (χ4n) is 2.14. The van der Waals surface area contributed by atoms with Gasteiger partial charge in [0.25, 0.3) is 5.56 Å². The van der Waals surface area contributed by atoms with E-state index in [0.29, 0.717) is 17.1 Å². The van der Waals surface area contributed by atoms with Crippen LogP contribution in [0.5, 0.6) is 0 Å². The molecule has 3 rings (SSSR count). The average molecular weight is 227 g/mol. The largest absolute Gasteiger partial charge is 0.291 e. The van der Waals surface area contributed by atoms with Gasteiger partial charge in [-0.05, 0) is 18.1 Å². The minimum Gasteiger partial charge on any atom is -0.291 e. The Labute approximate surface area is 97.9 Å². The van der Waals surface area contributed by atoms with Gasteiger partial charge in [0.15, 0.2) is 0 Å². The smallest absolute Gasteiger partial charge is 0.260 e. The van der Waals surface area contributed by atoms with E-state index in [0.717, 1.165) is 11.2 Å². The molecule has 0 saturated carbocycles. The van der Waals surface area contributed by atoms with E-state index >= 15 is 0 Å². The molecule has 4 heteroatoms. The second-order valence-electron chi connectivity index (χ2n) is 4.47. The summed E-state index contributed by atoms with van der Waals surface area (Å²) in [6, 6.07) is 7.59. The maximum absolute atomic E-state index is 11.9. The van der Waals surface area contributed by atoms with Gasteiger partial charge in [-0.3, -0.25) is 14.2 Å². The van der Waals surface area contributed by atoms with Crippen molar-refractivity contribution in [2.24, 2.45) is 0 Å². The lowest BCUT2D eigenvalue weighted by Gasteiger charge is -2.07. The van der Waals surface area contributed by atoms with Crippen LogP contribution < -0.4 is 5.56 Å². The second-order valence-corrected chi connectivity index (χ2v) is 4.47. The van der Waals surface area contributed by atoms with E-state index in [-0.39, 0.29) is 5.56 Å². The van der Waals surface area contributed by atoms with E-state index in [1.54, 1.807) is 0 Å². The third-order valence-corrected chi connectivity index (χ3v) is 3.00. The summed E-state index contributed by atoms with van der Waals surface area (Å²) in [6.45, 7) is 4.23. The Morgan fingerprint density at radius 3 is 2.82 bits per heavy atom. The number of H-pyrrole nitrogens is 1. The van der Waals surface area contributed by atoms with Gasteiger partial charge in [0.2, 0.25) is 5.78 Å². The first-order valence-corrected chi connectivity index (χ1v) is 5.67. The van der Waals surface area contributed by atoms with Crippen molar-refractivity contribution in [2.75, 3.05) is 0 Å². The molecule has 4 nitrogen and oxygen atoms in total. The number of imidazole rings is 1. The minimum absolute atomic E-state index is 0.0889. The topological polar surface area (TPSA) is 50.2 Å². The molecule has 0 fully saturated rings. The van der Waals surface area contributed by atoms with Gasteiger partial charge in [-0.2, -0.15) is 0 Å². The van der Waals surface area contributed by atoms with Crippen LogP contribution in [0.25, 0.3) is 16.7 Å². The van der Waals surface area contributed by atoms with Crippen molar-refractivity contribution >= 4 is 16.7 Å². The summed E-state index contributed by atoms with van der Waals surface area (Å²) in [4.78, 5) is 18.9. The molecule has 1 N–H and O–H groups in total. The maximum atomic E-state index is 11.9. The molecule has 86 valence electrons. The van der Waals surface area contributed by atoms with Gasteiger partial charge in [-0.25, -0.2) is 4.98 Å². The molecule has 0 unspecified atom stereocenters. The van der Waals surface area contributed by atoms with Gasteiger partial charge in [0, 0.05) is 5.69 Å². The molecule has 0 aliphatic carbocycles. The first-order valence-electron chi connectivity index (χ1n) is 5.67. The molecule has 0 radical (unpaired) electrons. The fraction of sp³-hybridized carbons (Fsp3) is 0.231. The standard InChI is InChI=1S/C13H13N3O/c1-8(2)11-7-14-13-15-12(17)9-5-3-4-6-10(9)16(11)13/h3-8H,1-2H3,(H,14,15,17). The van der Waals surface area contributed by atoms with Crippen LogP contribution in [0.3, 0.4) is 0 Å². The highest BCUT2D eigenvalue weighted by molar-refractivity contribution is 5.80. The van der Waals surface area contributed by atoms with Crippen molar-refractivity contribution in [2.45, 2.75) is 19.8 Å². The number of nitrogens with one attached hydrogen (secondary N) is 1. The Morgan fingerprint density at radius 2 is 2.06 bits per heavy atom. The lowest BCUT2D eigenvalue weighted by molar-refractivity contribution is 0.814. The van der Waals surface area contributed by atoms with Gasteiger partial charge in [-0.15, -0.1) is 0 Å². The normalized spacial score (nSPS) is 11.7.